The Kier molecular flexibility index (Phi) is 11.7. The number of methoxy groups -OCH3 is 1. The molecule has 42 heavy (non-hydrogen) atoms. The summed E-state index contributed by atoms with van der Waals surface area (Å²) in [6, 6.07) is 15.4. The number of carbonyl (C=O) groups is 2. The molecule has 0 heterocycles. The molecule has 0 aromatic heterocycles. The third-order valence-electron chi connectivity index (χ3n) is 6.84. The van der Waals surface area contributed by atoms with Gasteiger partial charge < -0.3 is 15.0 Å². The number of carbonyl (C=O) groups excluding carboxylic acids is 2. The molecule has 0 saturated heterocycles. The Morgan fingerprint density at radius 3 is 2.26 bits per heavy atom. The topological polar surface area (TPSA) is 96.0 Å². The first-order valence-corrected chi connectivity index (χ1v) is 15.8. The quantitative estimate of drug-likeness (QED) is 0.228. The Morgan fingerprint density at radius 1 is 0.976 bits per heavy atom. The molecule has 0 aliphatic carbocycles. The van der Waals surface area contributed by atoms with Crippen molar-refractivity contribution >= 4 is 50.7 Å². The molecule has 3 aromatic carbocycles. The van der Waals surface area contributed by atoms with Gasteiger partial charge in [0.05, 0.1) is 17.7 Å². The van der Waals surface area contributed by atoms with Crippen molar-refractivity contribution in [3.8, 4) is 5.75 Å². The Morgan fingerprint density at radius 2 is 1.64 bits per heavy atom. The van der Waals surface area contributed by atoms with Crippen LogP contribution in [-0.4, -0.2) is 51.4 Å². The van der Waals surface area contributed by atoms with Crippen LogP contribution < -0.4 is 14.4 Å². The monoisotopic (exact) mass is 633 g/mol. The summed E-state index contributed by atoms with van der Waals surface area (Å²) in [5, 5.41) is 3.61. The Balaban J connectivity index is 2.09. The van der Waals surface area contributed by atoms with Crippen LogP contribution in [-0.2, 0) is 26.2 Å². The number of rotatable bonds is 13. The molecule has 0 aliphatic rings. The van der Waals surface area contributed by atoms with Crippen LogP contribution in [0.4, 0.5) is 5.69 Å². The number of unbranched alkanes of at least 4 members (excludes halogenated alkanes) is 1. The van der Waals surface area contributed by atoms with Crippen LogP contribution in [0.25, 0.3) is 0 Å². The fraction of sp³-hybridized carbons (Fsp3) is 0.355. The zero-order chi connectivity index (χ0) is 31.0. The maximum atomic E-state index is 14.1. The van der Waals surface area contributed by atoms with E-state index in [1.807, 2.05) is 20.8 Å². The van der Waals surface area contributed by atoms with Gasteiger partial charge in [0, 0.05) is 23.1 Å². The van der Waals surface area contributed by atoms with Gasteiger partial charge in [0.25, 0.3) is 10.0 Å². The standard InChI is InChI=1S/C31H37Cl2N3O5S/c1-6-7-16-34-31(38)23(4)35(19-24-11-12-25(32)18-27(24)33)30(37)20-36(28-17-22(3)10-15-29(28)41-5)42(39,40)26-13-8-21(2)9-14-26/h8-15,17-18,23H,6-7,16,19-20H2,1-5H3,(H,34,38)/t23-/m0/s1. The van der Waals surface area contributed by atoms with E-state index in [9.17, 15) is 18.0 Å². The number of halogens is 2. The summed E-state index contributed by atoms with van der Waals surface area (Å²) in [5.41, 5.74) is 2.43. The van der Waals surface area contributed by atoms with Crippen molar-refractivity contribution in [3.05, 3.63) is 87.4 Å². The normalized spacial score (nSPS) is 12.0. The number of hydrogen-bond donors (Lipinski definition) is 1. The average Bonchev–Trinajstić information content (AvgIpc) is 2.95. The lowest BCUT2D eigenvalue weighted by atomic mass is 10.1. The van der Waals surface area contributed by atoms with Gasteiger partial charge in [-0.05, 0) is 74.7 Å². The number of ether oxygens (including phenoxy) is 1. The first kappa shape index (κ1) is 33.2. The van der Waals surface area contributed by atoms with Crippen molar-refractivity contribution in [2.75, 3.05) is 24.5 Å². The number of nitrogens with zero attached hydrogens (tertiary/aromatic N) is 2. The van der Waals surface area contributed by atoms with E-state index in [0.29, 0.717) is 22.2 Å². The molecule has 11 heteroatoms. The molecule has 3 rings (SSSR count). The van der Waals surface area contributed by atoms with Crippen molar-refractivity contribution in [1.82, 2.24) is 10.2 Å². The molecule has 3 aromatic rings. The average molecular weight is 635 g/mol. The van der Waals surface area contributed by atoms with Gasteiger partial charge in [-0.2, -0.15) is 0 Å². The van der Waals surface area contributed by atoms with Gasteiger partial charge in [0.1, 0.15) is 18.3 Å². The summed E-state index contributed by atoms with van der Waals surface area (Å²) >= 11 is 12.5. The van der Waals surface area contributed by atoms with Crippen molar-refractivity contribution < 1.29 is 22.7 Å². The molecule has 0 bridgehead atoms. The lowest BCUT2D eigenvalue weighted by Gasteiger charge is -2.32. The number of sulfonamides is 1. The van der Waals surface area contributed by atoms with Gasteiger partial charge in [-0.15, -0.1) is 0 Å². The van der Waals surface area contributed by atoms with Crippen LogP contribution in [0.5, 0.6) is 5.75 Å². The first-order valence-electron chi connectivity index (χ1n) is 13.6. The van der Waals surface area contributed by atoms with E-state index in [4.69, 9.17) is 27.9 Å². The van der Waals surface area contributed by atoms with E-state index in [1.165, 1.54) is 24.1 Å². The molecule has 0 unspecified atom stereocenters. The molecule has 0 fully saturated rings. The molecule has 1 atom stereocenters. The summed E-state index contributed by atoms with van der Waals surface area (Å²) in [5.74, 6) is -0.678. The second kappa shape index (κ2) is 14.8. The van der Waals surface area contributed by atoms with Crippen molar-refractivity contribution in [2.45, 2.75) is 58.0 Å². The maximum absolute atomic E-state index is 14.1. The largest absolute Gasteiger partial charge is 0.495 e. The van der Waals surface area contributed by atoms with Crippen molar-refractivity contribution in [3.63, 3.8) is 0 Å². The smallest absolute Gasteiger partial charge is 0.264 e. The van der Waals surface area contributed by atoms with Gasteiger partial charge >= 0.3 is 0 Å². The van der Waals surface area contributed by atoms with Crippen LogP contribution in [0.15, 0.2) is 65.6 Å². The molecule has 0 aliphatic heterocycles. The summed E-state index contributed by atoms with van der Waals surface area (Å²) in [6.45, 7) is 7.12. The third kappa shape index (κ3) is 8.18. The van der Waals surface area contributed by atoms with E-state index in [1.54, 1.807) is 55.5 Å². The fourth-order valence-corrected chi connectivity index (χ4v) is 6.18. The Labute approximate surface area is 258 Å². The van der Waals surface area contributed by atoms with E-state index in [-0.39, 0.29) is 28.8 Å². The highest BCUT2D eigenvalue weighted by Gasteiger charge is 2.34. The summed E-state index contributed by atoms with van der Waals surface area (Å²) in [7, 11) is -2.80. The fourth-order valence-electron chi connectivity index (χ4n) is 4.30. The summed E-state index contributed by atoms with van der Waals surface area (Å²) in [4.78, 5) is 28.6. The highest BCUT2D eigenvalue weighted by molar-refractivity contribution is 7.92. The van der Waals surface area contributed by atoms with E-state index in [0.717, 1.165) is 28.3 Å². The minimum absolute atomic E-state index is 0.0158. The van der Waals surface area contributed by atoms with Crippen LogP contribution in [0.3, 0.4) is 0 Å². The number of amides is 2. The maximum Gasteiger partial charge on any atom is 0.264 e. The van der Waals surface area contributed by atoms with Gasteiger partial charge in [-0.25, -0.2) is 8.42 Å². The van der Waals surface area contributed by atoms with Crippen molar-refractivity contribution in [1.29, 1.82) is 0 Å². The molecular weight excluding hydrogens is 597 g/mol. The highest BCUT2D eigenvalue weighted by atomic mass is 35.5. The van der Waals surface area contributed by atoms with Crippen LogP contribution >= 0.6 is 23.2 Å². The Hall–Kier alpha value is -3.27. The SMILES string of the molecule is CCCCNC(=O)[C@H](C)N(Cc1ccc(Cl)cc1Cl)C(=O)CN(c1cc(C)ccc1OC)S(=O)(=O)c1ccc(C)cc1. The van der Waals surface area contributed by atoms with E-state index in [2.05, 4.69) is 5.32 Å². The Bertz CT molecular complexity index is 1510. The minimum Gasteiger partial charge on any atom is -0.495 e. The number of hydrogen-bond acceptors (Lipinski definition) is 5. The predicted molar refractivity (Wildman–Crippen MR) is 168 cm³/mol. The molecule has 0 spiro atoms. The second-order valence-electron chi connectivity index (χ2n) is 10.1. The zero-order valence-electron chi connectivity index (χ0n) is 24.5. The van der Waals surface area contributed by atoms with E-state index >= 15 is 0 Å². The molecule has 1 N–H and O–H groups in total. The number of nitrogens with one attached hydrogen (secondary N) is 1. The molecule has 0 saturated carbocycles. The summed E-state index contributed by atoms with van der Waals surface area (Å²) < 4.78 is 34.7. The van der Waals surface area contributed by atoms with Crippen LogP contribution in [0.2, 0.25) is 10.0 Å². The number of benzene rings is 3. The predicted octanol–water partition coefficient (Wildman–Crippen LogP) is 6.15. The van der Waals surface area contributed by atoms with Gasteiger partial charge in [0.15, 0.2) is 0 Å². The van der Waals surface area contributed by atoms with Gasteiger partial charge in [-0.3, -0.25) is 13.9 Å². The third-order valence-corrected chi connectivity index (χ3v) is 9.20. The van der Waals surface area contributed by atoms with Crippen LogP contribution in [0.1, 0.15) is 43.4 Å². The summed E-state index contributed by atoms with van der Waals surface area (Å²) in [6.07, 6.45) is 1.67. The van der Waals surface area contributed by atoms with Gasteiger partial charge in [0.2, 0.25) is 11.8 Å². The molecule has 2 amide bonds. The first-order chi connectivity index (χ1) is 19.9. The number of aryl methyl sites for hydroxylation is 2. The molecule has 8 nitrogen and oxygen atoms in total. The van der Waals surface area contributed by atoms with E-state index < -0.39 is 28.5 Å². The minimum atomic E-state index is -4.24. The lowest BCUT2D eigenvalue weighted by Crippen LogP contribution is -2.51. The number of anilines is 1. The second-order valence-corrected chi connectivity index (χ2v) is 12.8. The molecule has 0 radical (unpaired) electrons. The van der Waals surface area contributed by atoms with Crippen molar-refractivity contribution in [2.24, 2.45) is 0 Å². The van der Waals surface area contributed by atoms with Crippen LogP contribution in [0, 0.1) is 13.8 Å². The zero-order valence-corrected chi connectivity index (χ0v) is 26.8. The lowest BCUT2D eigenvalue weighted by molar-refractivity contribution is -0.139. The molecule has 226 valence electrons. The highest BCUT2D eigenvalue weighted by Crippen LogP contribution is 2.34. The van der Waals surface area contributed by atoms with Gasteiger partial charge in [-0.1, -0.05) is 66.4 Å². The molecular formula is C31H37Cl2N3O5S.